The molecule has 3 heterocycles. The van der Waals surface area contributed by atoms with Crippen molar-refractivity contribution in [3.05, 3.63) is 0 Å². The number of hydrogen-bond donors (Lipinski definition) is 0. The minimum atomic E-state index is -0.282. The maximum atomic E-state index is 13.6. The lowest BCUT2D eigenvalue weighted by Gasteiger charge is -2.62. The molecule has 0 amide bonds. The van der Waals surface area contributed by atoms with Gasteiger partial charge in [-0.3, -0.25) is 4.79 Å². The summed E-state index contributed by atoms with van der Waals surface area (Å²) in [5.41, 5.74) is 0.340. The van der Waals surface area contributed by atoms with Crippen LogP contribution in [0.25, 0.3) is 0 Å². The third kappa shape index (κ3) is 1.00. The van der Waals surface area contributed by atoms with E-state index in [4.69, 9.17) is 4.74 Å². The van der Waals surface area contributed by atoms with Crippen LogP contribution in [-0.2, 0) is 9.53 Å². The van der Waals surface area contributed by atoms with E-state index in [-0.39, 0.29) is 56.7 Å². The van der Waals surface area contributed by atoms with Gasteiger partial charge >= 0.3 is 5.97 Å². The van der Waals surface area contributed by atoms with Crippen molar-refractivity contribution in [2.75, 3.05) is 7.11 Å². The smallest absolute Gasteiger partial charge is 0.314 e. The highest BCUT2D eigenvalue weighted by atomic mass is 31.1. The predicted octanol–water partition coefficient (Wildman–Crippen LogP) is 6.07. The van der Waals surface area contributed by atoms with E-state index in [2.05, 4.69) is 83.1 Å². The van der Waals surface area contributed by atoms with Crippen molar-refractivity contribution < 1.29 is 9.53 Å². The van der Waals surface area contributed by atoms with Crippen LogP contribution in [0.15, 0.2) is 0 Å². The first-order chi connectivity index (χ1) is 11.3. The van der Waals surface area contributed by atoms with Gasteiger partial charge in [-0.1, -0.05) is 91.0 Å². The quantitative estimate of drug-likeness (QED) is 0.409. The SMILES string of the molecule is COC(=O)C12C3(C(C)(C)C)P4C1(C(C)(C)C)C2(C(C)(C)C)C43C(C)(C)C. The van der Waals surface area contributed by atoms with Gasteiger partial charge in [0.25, 0.3) is 0 Å². The van der Waals surface area contributed by atoms with E-state index in [1.165, 1.54) is 0 Å². The molecule has 0 N–H and O–H groups in total. The van der Waals surface area contributed by atoms with Crippen LogP contribution >= 0.6 is 7.92 Å². The highest BCUT2D eigenvalue weighted by molar-refractivity contribution is 7.78. The Morgan fingerprint density at radius 3 is 1.31 bits per heavy atom. The molecule has 6 atom stereocenters. The van der Waals surface area contributed by atoms with E-state index < -0.39 is 0 Å². The maximum absolute atomic E-state index is 13.6. The van der Waals surface area contributed by atoms with Gasteiger partial charge in [0.2, 0.25) is 0 Å². The van der Waals surface area contributed by atoms with Crippen LogP contribution < -0.4 is 0 Å². The minimum Gasteiger partial charge on any atom is -0.469 e. The molecule has 148 valence electrons. The topological polar surface area (TPSA) is 26.3 Å². The Morgan fingerprint density at radius 1 is 0.654 bits per heavy atom. The molecule has 26 heavy (non-hydrogen) atoms. The van der Waals surface area contributed by atoms with E-state index in [1.807, 2.05) is 0 Å². The molecule has 0 bridgehead atoms. The number of methoxy groups -OCH3 is 1. The molecule has 3 aliphatic heterocycles. The fourth-order valence-corrected chi connectivity index (χ4v) is 18.2. The standard InChI is InChI=1S/C23H39O2P/c1-15(2,3)20-19(14(24)25-13)21(20,16(4,5)6)26-22(19,17(7,8)9)23(20,26)18(10,11)12/h1-13H3. The highest BCUT2D eigenvalue weighted by Gasteiger charge is 3.37. The van der Waals surface area contributed by atoms with E-state index in [1.54, 1.807) is 7.11 Å². The molecule has 0 aromatic heterocycles. The van der Waals surface area contributed by atoms with Gasteiger partial charge in [0.15, 0.2) is 0 Å². The molecule has 2 saturated carbocycles. The summed E-state index contributed by atoms with van der Waals surface area (Å²) >= 11 is 0. The van der Waals surface area contributed by atoms with Crippen LogP contribution in [0.2, 0.25) is 0 Å². The molecule has 5 rings (SSSR count). The second-order valence-electron chi connectivity index (χ2n) is 13.5. The maximum Gasteiger partial charge on any atom is 0.314 e. The van der Waals surface area contributed by atoms with E-state index >= 15 is 0 Å². The summed E-state index contributed by atoms with van der Waals surface area (Å²) in [4.78, 5) is 13.6. The molecule has 2 aliphatic carbocycles. The highest BCUT2D eigenvalue weighted by Crippen LogP contribution is 3.39. The second-order valence-corrected chi connectivity index (χ2v) is 16.1. The Labute approximate surface area is 162 Å². The van der Waals surface area contributed by atoms with Gasteiger partial charge in [-0.15, -0.1) is 0 Å². The first kappa shape index (κ1) is 19.2. The van der Waals surface area contributed by atoms with Crippen molar-refractivity contribution in [2.45, 2.75) is 98.6 Å². The molecule has 2 nitrogen and oxygen atoms in total. The zero-order chi connectivity index (χ0) is 20.4. The Kier molecular flexibility index (Phi) is 2.84. The minimum absolute atomic E-state index is 0.0720. The number of hydrogen-bond acceptors (Lipinski definition) is 2. The molecule has 0 aromatic rings. The zero-order valence-electron chi connectivity index (χ0n) is 19.3. The average Bonchev–Trinajstić information content (AvgIpc) is 2.86. The van der Waals surface area contributed by atoms with Gasteiger partial charge in [-0.25, -0.2) is 0 Å². The Bertz CT molecular complexity index is 718. The van der Waals surface area contributed by atoms with Gasteiger partial charge in [-0.05, 0) is 21.7 Å². The fourth-order valence-electron chi connectivity index (χ4n) is 10.1. The lowest BCUT2D eigenvalue weighted by Crippen LogP contribution is -2.70. The fraction of sp³-hybridized carbons (Fsp3) is 0.957. The summed E-state index contributed by atoms with van der Waals surface area (Å²) < 4.78 is 5.60. The van der Waals surface area contributed by atoms with Crippen LogP contribution in [-0.4, -0.2) is 28.5 Å². The lowest BCUT2D eigenvalue weighted by atomic mass is 9.39. The van der Waals surface area contributed by atoms with Crippen molar-refractivity contribution in [2.24, 2.45) is 32.5 Å². The van der Waals surface area contributed by atoms with E-state index in [0.29, 0.717) is 5.16 Å². The third-order valence-corrected chi connectivity index (χ3v) is 14.8. The number of ether oxygens (including phenoxy) is 1. The molecule has 5 aliphatic rings. The van der Waals surface area contributed by atoms with Gasteiger partial charge < -0.3 is 4.74 Å². The monoisotopic (exact) mass is 378 g/mol. The molecular formula is C23H39O2P. The van der Waals surface area contributed by atoms with E-state index in [0.717, 1.165) is 0 Å². The molecular weight excluding hydrogens is 339 g/mol. The average molecular weight is 379 g/mol. The summed E-state index contributed by atoms with van der Waals surface area (Å²) in [5.74, 6) is 0.0911. The zero-order valence-corrected chi connectivity index (χ0v) is 20.2. The van der Waals surface area contributed by atoms with Crippen molar-refractivity contribution in [1.29, 1.82) is 0 Å². The Hall–Kier alpha value is -0.100. The van der Waals surface area contributed by atoms with Crippen molar-refractivity contribution >= 4 is 13.9 Å². The van der Waals surface area contributed by atoms with Crippen molar-refractivity contribution in [3.63, 3.8) is 0 Å². The number of carbonyl (C=O) groups is 1. The molecule has 3 heteroatoms. The van der Waals surface area contributed by atoms with Crippen molar-refractivity contribution in [1.82, 2.24) is 0 Å². The van der Waals surface area contributed by atoms with Gasteiger partial charge in [0.05, 0.1) is 12.5 Å². The summed E-state index contributed by atoms with van der Waals surface area (Å²) in [6, 6.07) is 0. The Morgan fingerprint density at radius 2 is 1.04 bits per heavy atom. The van der Waals surface area contributed by atoms with Crippen LogP contribution in [0.5, 0.6) is 0 Å². The first-order valence-electron chi connectivity index (χ1n) is 10.2. The van der Waals surface area contributed by atoms with Crippen molar-refractivity contribution in [3.8, 4) is 0 Å². The summed E-state index contributed by atoms with van der Waals surface area (Å²) in [6.07, 6.45) is 0. The summed E-state index contributed by atoms with van der Waals surface area (Å²) in [7, 11) is 1.42. The number of carbonyl (C=O) groups excluding carboxylic acids is 1. The van der Waals surface area contributed by atoms with Gasteiger partial charge in [0.1, 0.15) is 0 Å². The lowest BCUT2D eigenvalue weighted by molar-refractivity contribution is -0.169. The molecule has 5 fully saturated rings. The number of rotatable bonds is 1. The van der Waals surface area contributed by atoms with Crippen LogP contribution in [0.4, 0.5) is 0 Å². The van der Waals surface area contributed by atoms with E-state index in [9.17, 15) is 4.79 Å². The number of esters is 1. The second kappa shape index (κ2) is 3.83. The van der Waals surface area contributed by atoms with Gasteiger partial charge in [-0.2, -0.15) is 0 Å². The largest absolute Gasteiger partial charge is 0.469 e. The molecule has 3 saturated heterocycles. The first-order valence-corrected chi connectivity index (χ1v) is 11.6. The predicted molar refractivity (Wildman–Crippen MR) is 110 cm³/mol. The molecule has 0 spiro atoms. The summed E-state index contributed by atoms with van der Waals surface area (Å²) in [6.45, 7) is 28.8. The van der Waals surface area contributed by atoms with Gasteiger partial charge in [0, 0.05) is 20.9 Å². The molecule has 0 radical (unpaired) electrons. The van der Waals surface area contributed by atoms with Crippen LogP contribution in [0.3, 0.4) is 0 Å². The van der Waals surface area contributed by atoms with Crippen LogP contribution in [0, 0.1) is 32.5 Å². The Balaban J connectivity index is 2.11. The third-order valence-electron chi connectivity index (χ3n) is 9.02. The van der Waals surface area contributed by atoms with Crippen LogP contribution in [0.1, 0.15) is 83.1 Å². The molecule has 6 unspecified atom stereocenters. The normalized spacial score (nSPS) is 51.0. The summed E-state index contributed by atoms with van der Waals surface area (Å²) in [5, 5.41) is 0.600. The molecule has 0 aromatic carbocycles.